The van der Waals surface area contributed by atoms with E-state index < -0.39 is 22.8 Å². The van der Waals surface area contributed by atoms with E-state index >= 15 is 0 Å². The van der Waals surface area contributed by atoms with E-state index in [9.17, 15) is 19.7 Å². The van der Waals surface area contributed by atoms with E-state index in [4.69, 9.17) is 14.7 Å². The Kier molecular flexibility index (Phi) is 8.00. The maximum absolute atomic E-state index is 12.8. The molecule has 0 saturated heterocycles. The molecule has 10 heteroatoms. The third kappa shape index (κ3) is 5.18. The molecule has 1 atom stereocenters. The number of thioether (sulfide) groups is 1. The lowest BCUT2D eigenvalue weighted by atomic mass is 9.80. The molecule has 30 heavy (non-hydrogen) atoms. The number of nitrogens with zero attached hydrogens (tertiary/aromatic N) is 2. The number of allylic oxidation sites excluding steroid dienone is 2. The normalized spacial score (nSPS) is 15.9. The number of rotatable bonds is 8. The van der Waals surface area contributed by atoms with Crippen LogP contribution >= 0.6 is 11.8 Å². The van der Waals surface area contributed by atoms with E-state index in [-0.39, 0.29) is 35.8 Å². The Balaban J connectivity index is 2.59. The second-order valence-corrected chi connectivity index (χ2v) is 7.18. The van der Waals surface area contributed by atoms with E-state index in [2.05, 4.69) is 5.32 Å². The van der Waals surface area contributed by atoms with Crippen molar-refractivity contribution in [3.05, 3.63) is 62.5 Å². The van der Waals surface area contributed by atoms with Crippen molar-refractivity contribution in [2.24, 2.45) is 0 Å². The number of ether oxygens (including phenoxy) is 2. The van der Waals surface area contributed by atoms with Gasteiger partial charge in [-0.2, -0.15) is 5.26 Å². The van der Waals surface area contributed by atoms with Gasteiger partial charge >= 0.3 is 11.9 Å². The standard InChI is InChI=1S/C20H21N3O6S/c1-12-16(19(24)28-9-5-8-21)18(14-6-4-7-15(10-14)23(26)27)17(13(2)22-12)20(25)29-11-30-3/h4,6-7,10,18,22H,5,9,11H2,1-3H3. The molecule has 0 fully saturated rings. The number of nitrogens with one attached hydrogen (secondary N) is 1. The topological polar surface area (TPSA) is 132 Å². The fraction of sp³-hybridized carbons (Fsp3) is 0.350. The fourth-order valence-corrected chi connectivity index (χ4v) is 3.37. The minimum absolute atomic E-state index is 0.0183. The summed E-state index contributed by atoms with van der Waals surface area (Å²) in [7, 11) is 0. The lowest BCUT2D eigenvalue weighted by Crippen LogP contribution is -2.32. The lowest BCUT2D eigenvalue weighted by molar-refractivity contribution is -0.384. The van der Waals surface area contributed by atoms with Crippen molar-refractivity contribution in [3.8, 4) is 6.07 Å². The molecule has 0 bridgehead atoms. The van der Waals surface area contributed by atoms with Crippen molar-refractivity contribution in [2.45, 2.75) is 26.2 Å². The Labute approximate surface area is 177 Å². The monoisotopic (exact) mass is 431 g/mol. The van der Waals surface area contributed by atoms with Crippen LogP contribution in [0.15, 0.2) is 46.8 Å². The van der Waals surface area contributed by atoms with E-state index in [1.807, 2.05) is 6.07 Å². The van der Waals surface area contributed by atoms with E-state index in [0.717, 1.165) is 0 Å². The predicted molar refractivity (Wildman–Crippen MR) is 110 cm³/mol. The predicted octanol–water partition coefficient (Wildman–Crippen LogP) is 3.15. The molecule has 1 aromatic rings. The number of nitro groups is 1. The van der Waals surface area contributed by atoms with Gasteiger partial charge < -0.3 is 14.8 Å². The third-order valence-corrected chi connectivity index (χ3v) is 4.72. The van der Waals surface area contributed by atoms with Crippen LogP contribution in [0.1, 0.15) is 31.7 Å². The van der Waals surface area contributed by atoms with Gasteiger partial charge in [-0.3, -0.25) is 10.1 Å². The second-order valence-electron chi connectivity index (χ2n) is 6.37. The number of hydrogen-bond acceptors (Lipinski definition) is 9. The number of nitriles is 1. The zero-order chi connectivity index (χ0) is 22.3. The number of carbonyl (C=O) groups excluding carboxylic acids is 2. The van der Waals surface area contributed by atoms with Crippen molar-refractivity contribution in [2.75, 3.05) is 18.8 Å². The van der Waals surface area contributed by atoms with Gasteiger partial charge in [0.15, 0.2) is 0 Å². The molecule has 1 N–H and O–H groups in total. The Morgan fingerprint density at radius 2 is 1.87 bits per heavy atom. The average molecular weight is 431 g/mol. The Morgan fingerprint density at radius 3 is 2.43 bits per heavy atom. The number of carbonyl (C=O) groups is 2. The number of dihydropyridines is 1. The minimum Gasteiger partial charge on any atom is -0.461 e. The minimum atomic E-state index is -0.921. The van der Waals surface area contributed by atoms with Crippen molar-refractivity contribution in [1.29, 1.82) is 5.26 Å². The molecular weight excluding hydrogens is 410 g/mol. The van der Waals surface area contributed by atoms with Gasteiger partial charge in [0.05, 0.1) is 34.5 Å². The molecule has 1 aliphatic rings. The molecule has 2 rings (SSSR count). The zero-order valence-corrected chi connectivity index (χ0v) is 17.6. The van der Waals surface area contributed by atoms with Gasteiger partial charge in [-0.1, -0.05) is 12.1 Å². The SMILES string of the molecule is CSCOC(=O)C1=C(C)NC(C)=C(C(=O)OCCC#N)C1c1cccc([N+](=O)[O-])c1. The molecule has 0 saturated carbocycles. The summed E-state index contributed by atoms with van der Waals surface area (Å²) in [6.07, 6.45) is 1.79. The quantitative estimate of drug-likeness (QED) is 0.217. The molecule has 0 spiro atoms. The largest absolute Gasteiger partial charge is 0.461 e. The first-order valence-electron chi connectivity index (χ1n) is 8.94. The molecule has 0 amide bonds. The number of non-ortho nitro benzene ring substituents is 1. The summed E-state index contributed by atoms with van der Waals surface area (Å²) < 4.78 is 10.5. The Hall–Kier alpha value is -3.32. The molecule has 1 heterocycles. The molecular formula is C20H21N3O6S. The molecule has 158 valence electrons. The maximum atomic E-state index is 12.8. The summed E-state index contributed by atoms with van der Waals surface area (Å²) in [5, 5.41) is 22.9. The smallest absolute Gasteiger partial charge is 0.337 e. The fourth-order valence-electron chi connectivity index (χ4n) is 3.14. The highest BCUT2D eigenvalue weighted by atomic mass is 32.2. The highest BCUT2D eigenvalue weighted by molar-refractivity contribution is 7.98. The molecule has 0 aromatic heterocycles. The average Bonchev–Trinajstić information content (AvgIpc) is 2.71. The second kappa shape index (κ2) is 10.5. The number of hydrogen-bond donors (Lipinski definition) is 1. The van der Waals surface area contributed by atoms with Gasteiger partial charge in [0.2, 0.25) is 0 Å². The first-order chi connectivity index (χ1) is 14.3. The summed E-state index contributed by atoms with van der Waals surface area (Å²) >= 11 is 1.31. The van der Waals surface area contributed by atoms with Gasteiger partial charge in [-0.05, 0) is 25.7 Å². The molecule has 9 nitrogen and oxygen atoms in total. The van der Waals surface area contributed by atoms with Gasteiger partial charge in [0, 0.05) is 23.5 Å². The summed E-state index contributed by atoms with van der Waals surface area (Å²) in [5.41, 5.74) is 1.44. The summed E-state index contributed by atoms with van der Waals surface area (Å²) in [4.78, 5) is 36.4. The first-order valence-corrected chi connectivity index (χ1v) is 10.3. The van der Waals surface area contributed by atoms with E-state index in [1.165, 1.54) is 30.0 Å². The van der Waals surface area contributed by atoms with Crippen molar-refractivity contribution in [1.82, 2.24) is 5.32 Å². The van der Waals surface area contributed by atoms with Crippen LogP contribution in [-0.4, -0.2) is 35.7 Å². The van der Waals surface area contributed by atoms with Crippen LogP contribution in [0.3, 0.4) is 0 Å². The van der Waals surface area contributed by atoms with Crippen LogP contribution in [0, 0.1) is 21.4 Å². The van der Waals surface area contributed by atoms with Gasteiger partial charge in [0.25, 0.3) is 5.69 Å². The number of nitro benzene ring substituents is 1. The van der Waals surface area contributed by atoms with E-state index in [1.54, 1.807) is 26.2 Å². The molecule has 1 aromatic carbocycles. The summed E-state index contributed by atoms with van der Waals surface area (Å²) in [6.45, 7) is 3.21. The van der Waals surface area contributed by atoms with Crippen LogP contribution in [0.5, 0.6) is 0 Å². The van der Waals surface area contributed by atoms with Crippen LogP contribution < -0.4 is 5.32 Å². The van der Waals surface area contributed by atoms with Crippen molar-refractivity contribution >= 4 is 29.4 Å². The maximum Gasteiger partial charge on any atom is 0.337 e. The zero-order valence-electron chi connectivity index (χ0n) is 16.8. The van der Waals surface area contributed by atoms with Crippen LogP contribution in [0.2, 0.25) is 0 Å². The van der Waals surface area contributed by atoms with Crippen molar-refractivity contribution < 1.29 is 24.0 Å². The number of esters is 2. The Morgan fingerprint density at radius 1 is 1.23 bits per heavy atom. The third-order valence-electron chi connectivity index (χ3n) is 4.37. The highest BCUT2D eigenvalue weighted by Crippen LogP contribution is 2.40. The number of benzene rings is 1. The highest BCUT2D eigenvalue weighted by Gasteiger charge is 2.38. The van der Waals surface area contributed by atoms with Gasteiger partial charge in [0.1, 0.15) is 12.5 Å². The van der Waals surface area contributed by atoms with Crippen LogP contribution in [0.25, 0.3) is 0 Å². The molecule has 0 radical (unpaired) electrons. The lowest BCUT2D eigenvalue weighted by Gasteiger charge is -2.30. The first kappa shape index (κ1) is 23.0. The Bertz CT molecular complexity index is 964. The van der Waals surface area contributed by atoms with Crippen LogP contribution in [0.4, 0.5) is 5.69 Å². The van der Waals surface area contributed by atoms with Gasteiger partial charge in [-0.25, -0.2) is 9.59 Å². The van der Waals surface area contributed by atoms with E-state index in [0.29, 0.717) is 17.0 Å². The molecule has 1 aliphatic heterocycles. The summed E-state index contributed by atoms with van der Waals surface area (Å²) in [5.74, 6) is -2.16. The summed E-state index contributed by atoms with van der Waals surface area (Å²) in [6, 6.07) is 7.63. The van der Waals surface area contributed by atoms with Gasteiger partial charge in [-0.15, -0.1) is 11.8 Å². The van der Waals surface area contributed by atoms with Crippen molar-refractivity contribution in [3.63, 3.8) is 0 Å². The van der Waals surface area contributed by atoms with Crippen LogP contribution in [-0.2, 0) is 19.1 Å². The molecule has 0 aliphatic carbocycles. The molecule has 1 unspecified atom stereocenters.